The Balaban J connectivity index is 2.51. The quantitative estimate of drug-likeness (QED) is 0.789. The summed E-state index contributed by atoms with van der Waals surface area (Å²) in [5.41, 5.74) is 0.642. The fourth-order valence-corrected chi connectivity index (χ4v) is 2.15. The van der Waals surface area contributed by atoms with Gasteiger partial charge in [0.2, 0.25) is 0 Å². The van der Waals surface area contributed by atoms with Gasteiger partial charge in [0.25, 0.3) is 0 Å². The molecule has 0 fully saturated rings. The number of hydrogen-bond donors (Lipinski definition) is 2. The Morgan fingerprint density at radius 2 is 2.00 bits per heavy atom. The van der Waals surface area contributed by atoms with Crippen LogP contribution >= 0.6 is 11.8 Å². The fraction of sp³-hybridized carbons (Fsp3) is 0.455. The highest BCUT2D eigenvalue weighted by atomic mass is 32.2. The van der Waals surface area contributed by atoms with Crippen molar-refractivity contribution < 1.29 is 23.7 Å². The number of benzene rings is 1. The van der Waals surface area contributed by atoms with Gasteiger partial charge in [0, 0.05) is 17.1 Å². The molecule has 0 saturated heterocycles. The van der Waals surface area contributed by atoms with Gasteiger partial charge < -0.3 is 14.9 Å². The lowest BCUT2D eigenvalue weighted by Crippen LogP contribution is -2.14. The number of aliphatic hydroxyl groups excluding tert-OH is 2. The molecule has 3 nitrogen and oxygen atoms in total. The first-order chi connectivity index (χ1) is 8.13. The lowest BCUT2D eigenvalue weighted by molar-refractivity contribution is -0.0503. The van der Waals surface area contributed by atoms with E-state index in [0.717, 1.165) is 0 Å². The van der Waals surface area contributed by atoms with Crippen molar-refractivity contribution in [2.75, 3.05) is 12.4 Å². The van der Waals surface area contributed by atoms with E-state index in [9.17, 15) is 8.78 Å². The van der Waals surface area contributed by atoms with E-state index in [1.165, 1.54) is 17.8 Å². The zero-order valence-electron chi connectivity index (χ0n) is 9.05. The van der Waals surface area contributed by atoms with Gasteiger partial charge in [-0.15, -0.1) is 0 Å². The standard InChI is InChI=1S/C11H14F2O3S/c12-11(13)16-10-4-2-1-3-8(10)6-17-7-9(15)5-14/h1-4,9,11,14-15H,5-7H2. The van der Waals surface area contributed by atoms with Crippen LogP contribution in [-0.4, -0.2) is 35.3 Å². The largest absolute Gasteiger partial charge is 0.435 e. The first kappa shape index (κ1) is 14.2. The van der Waals surface area contributed by atoms with Gasteiger partial charge in [-0.05, 0) is 6.07 Å². The van der Waals surface area contributed by atoms with Crippen molar-refractivity contribution in [3.63, 3.8) is 0 Å². The van der Waals surface area contributed by atoms with Crippen molar-refractivity contribution in [3.05, 3.63) is 29.8 Å². The average Bonchev–Trinajstić information content (AvgIpc) is 2.30. The normalized spacial score (nSPS) is 12.8. The van der Waals surface area contributed by atoms with Gasteiger partial charge in [0.15, 0.2) is 0 Å². The second-order valence-corrected chi connectivity index (χ2v) is 4.37. The molecular weight excluding hydrogens is 250 g/mol. The maximum Gasteiger partial charge on any atom is 0.387 e. The third-order valence-corrected chi connectivity index (χ3v) is 3.10. The van der Waals surface area contributed by atoms with Gasteiger partial charge in [0.05, 0.1) is 12.7 Å². The molecule has 1 aromatic rings. The van der Waals surface area contributed by atoms with Gasteiger partial charge in [-0.25, -0.2) is 0 Å². The zero-order valence-corrected chi connectivity index (χ0v) is 9.87. The van der Waals surface area contributed by atoms with Crippen molar-refractivity contribution in [2.24, 2.45) is 0 Å². The zero-order chi connectivity index (χ0) is 12.7. The maximum atomic E-state index is 12.1. The molecule has 1 unspecified atom stereocenters. The highest BCUT2D eigenvalue weighted by Crippen LogP contribution is 2.24. The highest BCUT2D eigenvalue weighted by molar-refractivity contribution is 7.98. The second kappa shape index (κ2) is 7.47. The predicted molar refractivity (Wildman–Crippen MR) is 62.3 cm³/mol. The summed E-state index contributed by atoms with van der Waals surface area (Å²) in [5, 5.41) is 17.7. The predicted octanol–water partition coefficient (Wildman–Crippen LogP) is 1.87. The lowest BCUT2D eigenvalue weighted by Gasteiger charge is -2.11. The van der Waals surface area contributed by atoms with Gasteiger partial charge in [-0.3, -0.25) is 0 Å². The molecule has 1 atom stereocenters. The van der Waals surface area contributed by atoms with Crippen LogP contribution in [0, 0.1) is 0 Å². The van der Waals surface area contributed by atoms with E-state index in [2.05, 4.69) is 4.74 Å². The molecular formula is C11H14F2O3S. The van der Waals surface area contributed by atoms with Gasteiger partial charge >= 0.3 is 6.61 Å². The van der Waals surface area contributed by atoms with Crippen molar-refractivity contribution >= 4 is 11.8 Å². The Kier molecular flexibility index (Phi) is 6.25. The molecule has 0 aliphatic carbocycles. The summed E-state index contributed by atoms with van der Waals surface area (Å²) >= 11 is 1.35. The SMILES string of the molecule is OCC(O)CSCc1ccccc1OC(F)F. The number of rotatable bonds is 7. The molecule has 17 heavy (non-hydrogen) atoms. The highest BCUT2D eigenvalue weighted by Gasteiger charge is 2.09. The van der Waals surface area contributed by atoms with E-state index in [1.807, 2.05) is 0 Å². The number of hydrogen-bond acceptors (Lipinski definition) is 4. The van der Waals surface area contributed by atoms with E-state index < -0.39 is 12.7 Å². The Morgan fingerprint density at radius 1 is 1.29 bits per heavy atom. The molecule has 0 bridgehead atoms. The lowest BCUT2D eigenvalue weighted by atomic mass is 10.2. The topological polar surface area (TPSA) is 49.7 Å². The summed E-state index contributed by atoms with van der Waals surface area (Å²) < 4.78 is 28.6. The molecule has 0 saturated carbocycles. The average molecular weight is 264 g/mol. The molecule has 1 aromatic carbocycles. The van der Waals surface area contributed by atoms with Crippen LogP contribution in [0.3, 0.4) is 0 Å². The molecule has 0 aliphatic heterocycles. The molecule has 0 aliphatic rings. The van der Waals surface area contributed by atoms with E-state index in [-0.39, 0.29) is 12.4 Å². The maximum absolute atomic E-state index is 12.1. The van der Waals surface area contributed by atoms with Crippen molar-refractivity contribution in [1.82, 2.24) is 0 Å². The molecule has 6 heteroatoms. The Labute approximate surface area is 102 Å². The minimum absolute atomic E-state index is 0.147. The number of aliphatic hydroxyl groups is 2. The molecule has 1 rings (SSSR count). The van der Waals surface area contributed by atoms with Crippen molar-refractivity contribution in [3.8, 4) is 5.75 Å². The number of para-hydroxylation sites is 1. The van der Waals surface area contributed by atoms with Crippen LogP contribution in [0.2, 0.25) is 0 Å². The van der Waals surface area contributed by atoms with Crippen molar-refractivity contribution in [1.29, 1.82) is 0 Å². The summed E-state index contributed by atoms with van der Waals surface area (Å²) in [6.45, 7) is -3.15. The van der Waals surface area contributed by atoms with Gasteiger partial charge in [-0.2, -0.15) is 20.5 Å². The third-order valence-electron chi connectivity index (χ3n) is 1.97. The van der Waals surface area contributed by atoms with Crippen LogP contribution in [0.1, 0.15) is 5.56 Å². The van der Waals surface area contributed by atoms with Crippen LogP contribution in [0.15, 0.2) is 24.3 Å². The van der Waals surface area contributed by atoms with Gasteiger partial charge in [-0.1, -0.05) is 18.2 Å². The molecule has 2 N–H and O–H groups in total. The monoisotopic (exact) mass is 264 g/mol. The van der Waals surface area contributed by atoms with Crippen LogP contribution in [0.5, 0.6) is 5.75 Å². The Hall–Kier alpha value is -0.850. The first-order valence-electron chi connectivity index (χ1n) is 5.03. The Bertz CT molecular complexity index is 336. The summed E-state index contributed by atoms with van der Waals surface area (Å²) in [4.78, 5) is 0. The Morgan fingerprint density at radius 3 is 2.65 bits per heavy atom. The minimum atomic E-state index is -2.84. The number of thioether (sulfide) groups is 1. The summed E-state index contributed by atoms with van der Waals surface area (Å²) in [6.07, 6.45) is -0.789. The number of ether oxygens (including phenoxy) is 1. The molecule has 0 aromatic heterocycles. The van der Waals surface area contributed by atoms with Crippen LogP contribution in [0.4, 0.5) is 8.78 Å². The molecule has 0 radical (unpaired) electrons. The molecule has 96 valence electrons. The van der Waals surface area contributed by atoms with Crippen LogP contribution < -0.4 is 4.74 Å². The summed E-state index contributed by atoms with van der Waals surface area (Å²) in [6, 6.07) is 6.52. The smallest absolute Gasteiger partial charge is 0.387 e. The number of alkyl halides is 2. The van der Waals surface area contributed by atoms with E-state index in [4.69, 9.17) is 10.2 Å². The number of halogens is 2. The first-order valence-corrected chi connectivity index (χ1v) is 6.18. The molecule has 0 heterocycles. The van der Waals surface area contributed by atoms with E-state index >= 15 is 0 Å². The minimum Gasteiger partial charge on any atom is -0.435 e. The second-order valence-electron chi connectivity index (χ2n) is 3.34. The summed E-state index contributed by atoms with van der Waals surface area (Å²) in [7, 11) is 0. The molecule has 0 amide bonds. The summed E-state index contributed by atoms with van der Waals surface area (Å²) in [5.74, 6) is 0.938. The van der Waals surface area contributed by atoms with E-state index in [1.54, 1.807) is 18.2 Å². The molecule has 0 spiro atoms. The van der Waals surface area contributed by atoms with Crippen molar-refractivity contribution in [2.45, 2.75) is 18.5 Å². The van der Waals surface area contributed by atoms with E-state index in [0.29, 0.717) is 17.1 Å². The third kappa shape index (κ3) is 5.34. The van der Waals surface area contributed by atoms with Crippen LogP contribution in [-0.2, 0) is 5.75 Å². The van der Waals surface area contributed by atoms with Crippen LogP contribution in [0.25, 0.3) is 0 Å². The van der Waals surface area contributed by atoms with Gasteiger partial charge in [0.1, 0.15) is 5.75 Å². The fourth-order valence-electron chi connectivity index (χ4n) is 1.19.